The summed E-state index contributed by atoms with van der Waals surface area (Å²) in [7, 11) is 0. The quantitative estimate of drug-likeness (QED) is 0.860. The van der Waals surface area contributed by atoms with Gasteiger partial charge in [-0.3, -0.25) is 4.79 Å². The van der Waals surface area contributed by atoms with Crippen molar-refractivity contribution in [2.45, 2.75) is 65.4 Å². The Kier molecular flexibility index (Phi) is 5.62. The van der Waals surface area contributed by atoms with Crippen LogP contribution in [0.25, 0.3) is 0 Å². The highest BCUT2D eigenvalue weighted by atomic mass is 16.5. The van der Waals surface area contributed by atoms with Crippen LogP contribution in [0.2, 0.25) is 0 Å². The minimum atomic E-state index is 0.238. The Morgan fingerprint density at radius 1 is 1.00 bits per heavy atom. The van der Waals surface area contributed by atoms with Crippen molar-refractivity contribution in [3.8, 4) is 0 Å². The van der Waals surface area contributed by atoms with E-state index < -0.39 is 0 Å². The second-order valence-corrected chi connectivity index (χ2v) is 7.77. The maximum atomic E-state index is 12.5. The second kappa shape index (κ2) is 7.04. The fraction of sp³-hybridized carbons (Fsp3) is 0.941. The van der Waals surface area contributed by atoms with Crippen molar-refractivity contribution < 1.29 is 9.53 Å². The SMILES string of the molecule is CC(C)(C)COC1CCC(C(=O)C2CCNCC2)CC1. The monoisotopic (exact) mass is 281 g/mol. The molecule has 3 nitrogen and oxygen atoms in total. The van der Waals surface area contributed by atoms with E-state index in [0.717, 1.165) is 58.2 Å². The Morgan fingerprint density at radius 3 is 2.10 bits per heavy atom. The number of Topliss-reactive ketones (excluding diaryl/α,β-unsaturated/α-hetero) is 1. The number of hydrogen-bond acceptors (Lipinski definition) is 3. The van der Waals surface area contributed by atoms with Gasteiger partial charge in [-0.1, -0.05) is 20.8 Å². The molecule has 0 spiro atoms. The van der Waals surface area contributed by atoms with Crippen molar-refractivity contribution in [3.63, 3.8) is 0 Å². The van der Waals surface area contributed by atoms with Gasteiger partial charge in [0, 0.05) is 11.8 Å². The minimum absolute atomic E-state index is 0.238. The van der Waals surface area contributed by atoms with Crippen molar-refractivity contribution in [2.24, 2.45) is 17.3 Å². The van der Waals surface area contributed by atoms with Gasteiger partial charge in [0.2, 0.25) is 0 Å². The van der Waals surface area contributed by atoms with Crippen molar-refractivity contribution in [3.05, 3.63) is 0 Å². The lowest BCUT2D eigenvalue weighted by molar-refractivity contribution is -0.129. The third-order valence-electron chi connectivity index (χ3n) is 4.57. The first-order valence-corrected chi connectivity index (χ1v) is 8.32. The van der Waals surface area contributed by atoms with Crippen molar-refractivity contribution in [2.75, 3.05) is 19.7 Å². The molecule has 3 heteroatoms. The Labute approximate surface area is 123 Å². The second-order valence-electron chi connectivity index (χ2n) is 7.77. The summed E-state index contributed by atoms with van der Waals surface area (Å²) in [5.41, 5.74) is 0.238. The summed E-state index contributed by atoms with van der Waals surface area (Å²) >= 11 is 0. The Balaban J connectivity index is 1.72. The first-order chi connectivity index (χ1) is 9.46. The zero-order valence-electron chi connectivity index (χ0n) is 13.4. The van der Waals surface area contributed by atoms with Crippen LogP contribution in [-0.2, 0) is 9.53 Å². The molecular weight excluding hydrogens is 250 g/mol. The van der Waals surface area contributed by atoms with Gasteiger partial charge in [-0.05, 0) is 57.0 Å². The molecule has 116 valence electrons. The average Bonchev–Trinajstić information content (AvgIpc) is 2.45. The van der Waals surface area contributed by atoms with Crippen LogP contribution in [0.4, 0.5) is 0 Å². The van der Waals surface area contributed by atoms with Gasteiger partial charge in [-0.15, -0.1) is 0 Å². The third kappa shape index (κ3) is 4.85. The van der Waals surface area contributed by atoms with Gasteiger partial charge in [-0.2, -0.15) is 0 Å². The average molecular weight is 281 g/mol. The van der Waals surface area contributed by atoms with E-state index in [1.165, 1.54) is 0 Å². The molecule has 1 heterocycles. The van der Waals surface area contributed by atoms with E-state index >= 15 is 0 Å². The summed E-state index contributed by atoms with van der Waals surface area (Å²) < 4.78 is 6.00. The lowest BCUT2D eigenvalue weighted by Crippen LogP contribution is -2.36. The summed E-state index contributed by atoms with van der Waals surface area (Å²) in [6, 6.07) is 0. The van der Waals surface area contributed by atoms with E-state index in [-0.39, 0.29) is 5.41 Å². The summed E-state index contributed by atoms with van der Waals surface area (Å²) in [4.78, 5) is 12.5. The fourth-order valence-electron chi connectivity index (χ4n) is 3.32. The minimum Gasteiger partial charge on any atom is -0.378 e. The molecule has 0 unspecified atom stereocenters. The van der Waals surface area contributed by atoms with Crippen LogP contribution in [0.1, 0.15) is 59.3 Å². The molecule has 1 saturated carbocycles. The molecule has 1 saturated heterocycles. The van der Waals surface area contributed by atoms with Crippen LogP contribution in [0.3, 0.4) is 0 Å². The molecule has 0 radical (unpaired) electrons. The fourth-order valence-corrected chi connectivity index (χ4v) is 3.32. The van der Waals surface area contributed by atoms with E-state index in [2.05, 4.69) is 26.1 Å². The van der Waals surface area contributed by atoms with Gasteiger partial charge in [-0.25, -0.2) is 0 Å². The predicted molar refractivity (Wildman–Crippen MR) is 81.8 cm³/mol. The molecule has 2 aliphatic rings. The summed E-state index contributed by atoms with van der Waals surface area (Å²) in [5, 5.41) is 3.34. The van der Waals surface area contributed by atoms with E-state index in [0.29, 0.717) is 23.7 Å². The number of piperidine rings is 1. The molecule has 1 aliphatic carbocycles. The molecule has 2 rings (SSSR count). The predicted octanol–water partition coefficient (Wildman–Crippen LogP) is 3.18. The third-order valence-corrected chi connectivity index (χ3v) is 4.57. The van der Waals surface area contributed by atoms with E-state index in [4.69, 9.17) is 4.74 Å². The van der Waals surface area contributed by atoms with E-state index in [1.807, 2.05) is 0 Å². The smallest absolute Gasteiger partial charge is 0.139 e. The molecular formula is C17H31NO2. The summed E-state index contributed by atoms with van der Waals surface area (Å²) in [5.74, 6) is 1.18. The molecule has 0 aromatic heterocycles. The van der Waals surface area contributed by atoms with E-state index in [1.54, 1.807) is 0 Å². The number of carbonyl (C=O) groups is 1. The summed E-state index contributed by atoms with van der Waals surface area (Å²) in [6.45, 7) is 9.48. The maximum absolute atomic E-state index is 12.5. The maximum Gasteiger partial charge on any atom is 0.139 e. The first kappa shape index (κ1) is 16.0. The Morgan fingerprint density at radius 2 is 1.55 bits per heavy atom. The van der Waals surface area contributed by atoms with Gasteiger partial charge in [0.15, 0.2) is 0 Å². The van der Waals surface area contributed by atoms with Crippen LogP contribution in [0, 0.1) is 17.3 Å². The molecule has 0 bridgehead atoms. The molecule has 20 heavy (non-hydrogen) atoms. The van der Waals surface area contributed by atoms with Crippen LogP contribution < -0.4 is 5.32 Å². The molecule has 0 aromatic carbocycles. The lowest BCUT2D eigenvalue weighted by atomic mass is 9.78. The number of hydrogen-bond donors (Lipinski definition) is 1. The molecule has 0 amide bonds. The Bertz CT molecular complexity index is 307. The lowest BCUT2D eigenvalue weighted by Gasteiger charge is -2.32. The van der Waals surface area contributed by atoms with Crippen LogP contribution >= 0.6 is 0 Å². The van der Waals surface area contributed by atoms with Gasteiger partial charge >= 0.3 is 0 Å². The Hall–Kier alpha value is -0.410. The highest BCUT2D eigenvalue weighted by Crippen LogP contribution is 2.31. The molecule has 0 atom stereocenters. The van der Waals surface area contributed by atoms with Gasteiger partial charge in [0.25, 0.3) is 0 Å². The molecule has 2 fully saturated rings. The normalized spacial score (nSPS) is 29.4. The van der Waals surface area contributed by atoms with Gasteiger partial charge in [0.05, 0.1) is 12.7 Å². The van der Waals surface area contributed by atoms with Crippen molar-refractivity contribution in [1.82, 2.24) is 5.32 Å². The number of ether oxygens (including phenoxy) is 1. The largest absolute Gasteiger partial charge is 0.378 e. The molecule has 0 aromatic rings. The van der Waals surface area contributed by atoms with Gasteiger partial charge < -0.3 is 10.1 Å². The molecule has 1 aliphatic heterocycles. The van der Waals surface area contributed by atoms with Crippen molar-refractivity contribution >= 4 is 5.78 Å². The number of carbonyl (C=O) groups excluding carboxylic acids is 1. The number of nitrogens with one attached hydrogen (secondary N) is 1. The highest BCUT2D eigenvalue weighted by Gasteiger charge is 2.32. The standard InChI is InChI=1S/C17H31NO2/c1-17(2,3)12-20-15-6-4-13(5-7-15)16(19)14-8-10-18-11-9-14/h13-15,18H,4-12H2,1-3H3. The van der Waals surface area contributed by atoms with Crippen LogP contribution in [0.5, 0.6) is 0 Å². The van der Waals surface area contributed by atoms with Gasteiger partial charge in [0.1, 0.15) is 5.78 Å². The topological polar surface area (TPSA) is 38.3 Å². The number of ketones is 1. The van der Waals surface area contributed by atoms with Crippen LogP contribution in [0.15, 0.2) is 0 Å². The zero-order valence-corrected chi connectivity index (χ0v) is 13.4. The highest BCUT2D eigenvalue weighted by molar-refractivity contribution is 5.83. The first-order valence-electron chi connectivity index (χ1n) is 8.32. The summed E-state index contributed by atoms with van der Waals surface area (Å²) in [6.07, 6.45) is 6.68. The molecule has 1 N–H and O–H groups in total. The van der Waals surface area contributed by atoms with Crippen molar-refractivity contribution in [1.29, 1.82) is 0 Å². The van der Waals surface area contributed by atoms with E-state index in [9.17, 15) is 4.79 Å². The number of rotatable bonds is 4. The van der Waals surface area contributed by atoms with Crippen LogP contribution in [-0.4, -0.2) is 31.6 Å². The zero-order chi connectivity index (χ0) is 14.6.